The predicted molar refractivity (Wildman–Crippen MR) is 143 cm³/mol. The minimum atomic E-state index is -4.59. The van der Waals surface area contributed by atoms with Crippen LogP contribution >= 0.6 is 11.6 Å². The summed E-state index contributed by atoms with van der Waals surface area (Å²) in [6.45, 7) is 6.10. The third-order valence-electron chi connectivity index (χ3n) is 7.52. The Balaban J connectivity index is 1.50. The molecule has 12 heteroatoms. The van der Waals surface area contributed by atoms with Crippen LogP contribution in [0.3, 0.4) is 0 Å². The first kappa shape index (κ1) is 30.2. The highest BCUT2D eigenvalue weighted by atomic mass is 35.5. The van der Waals surface area contributed by atoms with Gasteiger partial charge in [-0.3, -0.25) is 15.4 Å². The highest BCUT2D eigenvalue weighted by Crippen LogP contribution is 2.45. The van der Waals surface area contributed by atoms with Gasteiger partial charge < -0.3 is 15.4 Å². The number of alkyl halides is 3. The number of ether oxygens (including phenoxy) is 1. The van der Waals surface area contributed by atoms with Gasteiger partial charge in [0.05, 0.1) is 22.8 Å². The fourth-order valence-corrected chi connectivity index (χ4v) is 5.39. The van der Waals surface area contributed by atoms with E-state index in [4.69, 9.17) is 16.3 Å². The lowest BCUT2D eigenvalue weighted by Crippen LogP contribution is -2.57. The first-order chi connectivity index (χ1) is 18.7. The number of alkyl carbamates (subject to hydrolysis) is 1. The molecule has 1 heterocycles. The first-order valence-electron chi connectivity index (χ1n) is 13.4. The fourth-order valence-electron chi connectivity index (χ4n) is 5.17. The Morgan fingerprint density at radius 3 is 2.55 bits per heavy atom. The van der Waals surface area contributed by atoms with Crippen molar-refractivity contribution < 1.29 is 27.5 Å². The normalized spacial score (nSPS) is 26.2. The maximum atomic E-state index is 13.5. The van der Waals surface area contributed by atoms with Crippen LogP contribution in [0.15, 0.2) is 29.8 Å². The number of hydrogen-bond donors (Lipinski definition) is 4. The molecule has 4 rings (SSSR count). The van der Waals surface area contributed by atoms with Gasteiger partial charge in [0.1, 0.15) is 11.0 Å². The Bertz CT molecular complexity index is 1200. The van der Waals surface area contributed by atoms with Gasteiger partial charge in [-0.25, -0.2) is 4.79 Å². The van der Waals surface area contributed by atoms with E-state index >= 15 is 0 Å². The quantitative estimate of drug-likeness (QED) is 0.353. The number of carbonyl (C=O) groups excluding carboxylic acids is 2. The van der Waals surface area contributed by atoms with Gasteiger partial charge in [0.15, 0.2) is 0 Å². The third kappa shape index (κ3) is 7.28. The monoisotopic (exact) mass is 581 g/mol. The van der Waals surface area contributed by atoms with Gasteiger partial charge in [-0.2, -0.15) is 18.4 Å². The zero-order valence-electron chi connectivity index (χ0n) is 22.8. The topological polar surface area (TPSA) is 115 Å². The Morgan fingerprint density at radius 2 is 1.98 bits per heavy atom. The van der Waals surface area contributed by atoms with Gasteiger partial charge in [-0.05, 0) is 70.6 Å². The molecule has 3 aliphatic rings. The van der Waals surface area contributed by atoms with Gasteiger partial charge >= 0.3 is 12.3 Å². The SMILES string of the molecule is CC(C)(C)OC(=O)NC1CC=C(C2NC(c3ccc(Cl)c(C(F)(F)F)c3)NCC2CNC(=O)C2(C#N)CC2)CC1. The van der Waals surface area contributed by atoms with Gasteiger partial charge in [0, 0.05) is 31.1 Å². The third-order valence-corrected chi connectivity index (χ3v) is 7.85. The van der Waals surface area contributed by atoms with Crippen molar-refractivity contribution in [2.24, 2.45) is 11.3 Å². The van der Waals surface area contributed by atoms with Crippen molar-refractivity contribution in [3.63, 3.8) is 0 Å². The minimum Gasteiger partial charge on any atom is -0.444 e. The van der Waals surface area contributed by atoms with E-state index in [1.54, 1.807) is 26.8 Å². The van der Waals surface area contributed by atoms with Crippen LogP contribution in [-0.4, -0.2) is 42.8 Å². The molecule has 1 saturated carbocycles. The molecule has 4 atom stereocenters. The lowest BCUT2D eigenvalue weighted by molar-refractivity contribution is -0.137. The lowest BCUT2D eigenvalue weighted by atomic mass is 9.82. The summed E-state index contributed by atoms with van der Waals surface area (Å²) < 4.78 is 45.9. The van der Waals surface area contributed by atoms with E-state index in [1.165, 1.54) is 6.07 Å². The van der Waals surface area contributed by atoms with Gasteiger partial charge in [0.2, 0.25) is 5.91 Å². The molecule has 0 radical (unpaired) electrons. The van der Waals surface area contributed by atoms with Gasteiger partial charge in [-0.1, -0.05) is 29.3 Å². The molecule has 1 aliphatic heterocycles. The van der Waals surface area contributed by atoms with Crippen molar-refractivity contribution in [3.05, 3.63) is 46.0 Å². The summed E-state index contributed by atoms with van der Waals surface area (Å²) in [6, 6.07) is 5.59. The summed E-state index contributed by atoms with van der Waals surface area (Å²) >= 11 is 5.83. The van der Waals surface area contributed by atoms with Crippen molar-refractivity contribution in [2.45, 2.75) is 82.9 Å². The molecule has 1 aromatic carbocycles. The van der Waals surface area contributed by atoms with E-state index in [2.05, 4.69) is 27.3 Å². The number of hydrogen-bond acceptors (Lipinski definition) is 6. The average molecular weight is 582 g/mol. The summed E-state index contributed by atoms with van der Waals surface area (Å²) in [5.41, 5.74) is -1.01. The number of amides is 2. The summed E-state index contributed by atoms with van der Waals surface area (Å²) in [4.78, 5) is 24.8. The average Bonchev–Trinajstić information content (AvgIpc) is 3.68. The molecular weight excluding hydrogens is 547 g/mol. The maximum absolute atomic E-state index is 13.5. The van der Waals surface area contributed by atoms with Crippen LogP contribution in [0.4, 0.5) is 18.0 Å². The zero-order valence-corrected chi connectivity index (χ0v) is 23.5. The number of carbonyl (C=O) groups is 2. The van der Waals surface area contributed by atoms with Gasteiger partial charge in [0.25, 0.3) is 0 Å². The first-order valence-corrected chi connectivity index (χ1v) is 13.8. The van der Waals surface area contributed by atoms with Crippen LogP contribution in [0.1, 0.15) is 70.2 Å². The molecule has 218 valence electrons. The standard InChI is InChI=1S/C28H35ClF3N5O3/c1-26(2,3)40-25(39)36-19-7-4-16(5-8-19)22-18(14-35-24(38)27(15-33)10-11-27)13-34-23(37-22)17-6-9-21(29)20(12-17)28(30,31)32/h4,6,9,12,18-19,22-23,34,37H,5,7-8,10-11,13-14H2,1-3H3,(H,35,38)(H,36,39). The molecule has 0 aromatic heterocycles. The van der Waals surface area contributed by atoms with Crippen molar-refractivity contribution >= 4 is 23.6 Å². The Morgan fingerprint density at radius 1 is 1.25 bits per heavy atom. The summed E-state index contributed by atoms with van der Waals surface area (Å²) in [6.07, 6.45) is -0.651. The van der Waals surface area contributed by atoms with Crippen molar-refractivity contribution in [3.8, 4) is 6.07 Å². The van der Waals surface area contributed by atoms with E-state index in [9.17, 15) is 28.0 Å². The zero-order chi connectivity index (χ0) is 29.3. The largest absolute Gasteiger partial charge is 0.444 e. The molecule has 2 fully saturated rings. The predicted octanol–water partition coefficient (Wildman–Crippen LogP) is 4.96. The van der Waals surface area contributed by atoms with Gasteiger partial charge in [-0.15, -0.1) is 0 Å². The molecule has 2 aliphatic carbocycles. The van der Waals surface area contributed by atoms with Crippen molar-refractivity contribution in [1.82, 2.24) is 21.3 Å². The number of benzene rings is 1. The Labute approximate surface area is 237 Å². The number of halogens is 4. The molecular formula is C28H35ClF3N5O3. The Kier molecular flexibility index (Phi) is 8.74. The van der Waals surface area contributed by atoms with Crippen molar-refractivity contribution in [1.29, 1.82) is 5.26 Å². The fraction of sp³-hybridized carbons (Fsp3) is 0.607. The minimum absolute atomic E-state index is 0.106. The molecule has 0 bridgehead atoms. The van der Waals surface area contributed by atoms with E-state index in [1.807, 2.05) is 6.08 Å². The molecule has 1 saturated heterocycles. The molecule has 1 aromatic rings. The Hall–Kier alpha value is -2.81. The van der Waals surface area contributed by atoms with Crippen LogP contribution < -0.4 is 21.3 Å². The van der Waals surface area contributed by atoms with Crippen LogP contribution in [0, 0.1) is 22.7 Å². The number of nitrogens with zero attached hydrogens (tertiary/aromatic N) is 1. The highest BCUT2D eigenvalue weighted by molar-refractivity contribution is 6.31. The second-order valence-corrected chi connectivity index (χ2v) is 12.2. The molecule has 0 spiro atoms. The number of rotatable bonds is 6. The highest BCUT2D eigenvalue weighted by Gasteiger charge is 2.50. The second kappa shape index (κ2) is 11.6. The van der Waals surface area contributed by atoms with E-state index in [-0.39, 0.29) is 28.9 Å². The number of nitrogens with one attached hydrogen (secondary N) is 4. The van der Waals surface area contributed by atoms with E-state index in [0.717, 1.165) is 11.6 Å². The van der Waals surface area contributed by atoms with Crippen LogP contribution in [-0.2, 0) is 15.7 Å². The molecule has 4 unspecified atom stereocenters. The van der Waals surface area contributed by atoms with Crippen molar-refractivity contribution in [2.75, 3.05) is 13.1 Å². The van der Waals surface area contributed by atoms with Crippen LogP contribution in [0.2, 0.25) is 5.02 Å². The molecule has 4 N–H and O–H groups in total. The molecule has 8 nitrogen and oxygen atoms in total. The van der Waals surface area contributed by atoms with Crippen LogP contribution in [0.25, 0.3) is 0 Å². The summed E-state index contributed by atoms with van der Waals surface area (Å²) in [5.74, 6) is -0.409. The smallest absolute Gasteiger partial charge is 0.417 e. The summed E-state index contributed by atoms with van der Waals surface area (Å²) in [5, 5.41) is 21.5. The van der Waals surface area contributed by atoms with E-state index < -0.39 is 35.0 Å². The lowest BCUT2D eigenvalue weighted by Gasteiger charge is -2.41. The number of nitriles is 1. The molecule has 40 heavy (non-hydrogen) atoms. The summed E-state index contributed by atoms with van der Waals surface area (Å²) in [7, 11) is 0. The molecule has 2 amide bonds. The maximum Gasteiger partial charge on any atom is 0.417 e. The second-order valence-electron chi connectivity index (χ2n) is 11.8. The van der Waals surface area contributed by atoms with E-state index in [0.29, 0.717) is 50.8 Å². The van der Waals surface area contributed by atoms with Crippen LogP contribution in [0.5, 0.6) is 0 Å².